The monoisotopic (exact) mass is 376 g/mol. The molecule has 4 rings (SSSR count). The van der Waals surface area contributed by atoms with E-state index in [0.29, 0.717) is 11.4 Å². The molecule has 0 unspecified atom stereocenters. The summed E-state index contributed by atoms with van der Waals surface area (Å²) in [6.07, 6.45) is 9.28. The predicted octanol–water partition coefficient (Wildman–Crippen LogP) is 3.21. The van der Waals surface area contributed by atoms with Crippen molar-refractivity contribution >= 4 is 17.5 Å². The van der Waals surface area contributed by atoms with Crippen LogP contribution < -0.4 is 10.2 Å². The fourth-order valence-corrected chi connectivity index (χ4v) is 3.37. The first-order valence-corrected chi connectivity index (χ1v) is 9.60. The smallest absolute Gasteiger partial charge is 0.256 e. The second kappa shape index (κ2) is 8.21. The van der Waals surface area contributed by atoms with Crippen molar-refractivity contribution in [3.63, 3.8) is 0 Å². The first kappa shape index (κ1) is 18.2. The van der Waals surface area contributed by atoms with Gasteiger partial charge in [-0.25, -0.2) is 15.0 Å². The Hall–Kier alpha value is -3.22. The molecular formula is C21H24N6O. The number of carbonyl (C=O) groups is 1. The number of nitrogens with one attached hydrogen (secondary N) is 1. The molecule has 28 heavy (non-hydrogen) atoms. The number of rotatable bonds is 5. The number of imidazole rings is 1. The summed E-state index contributed by atoms with van der Waals surface area (Å²) in [6, 6.07) is 9.41. The van der Waals surface area contributed by atoms with Crippen LogP contribution >= 0.6 is 0 Å². The SMILES string of the molecule is CC1CCN(c2cc(NC(=O)c3ccc(Cn4ccnc4)cc3)ncn2)CC1. The van der Waals surface area contributed by atoms with Gasteiger partial charge in [-0.15, -0.1) is 0 Å². The second-order valence-corrected chi connectivity index (χ2v) is 7.32. The standard InChI is InChI=1S/C21H24N6O/c1-16-6-9-27(10-7-16)20-12-19(23-14-24-20)25-21(28)18-4-2-17(3-5-18)13-26-11-8-22-15-26/h2-5,8,11-12,14-16H,6-7,9-10,13H2,1H3,(H,23,24,25,28). The average Bonchev–Trinajstić information content (AvgIpc) is 3.22. The lowest BCUT2D eigenvalue weighted by molar-refractivity contribution is 0.102. The van der Waals surface area contributed by atoms with Crippen LogP contribution in [0.3, 0.4) is 0 Å². The third kappa shape index (κ3) is 4.36. The second-order valence-electron chi connectivity index (χ2n) is 7.32. The first-order chi connectivity index (χ1) is 13.7. The van der Waals surface area contributed by atoms with Crippen molar-refractivity contribution in [3.05, 3.63) is 66.5 Å². The normalized spacial score (nSPS) is 14.8. The molecule has 1 aliphatic heterocycles. The lowest BCUT2D eigenvalue weighted by Crippen LogP contribution is -2.33. The van der Waals surface area contributed by atoms with Crippen LogP contribution in [0.4, 0.5) is 11.6 Å². The number of benzene rings is 1. The van der Waals surface area contributed by atoms with E-state index in [0.717, 1.165) is 49.8 Å². The van der Waals surface area contributed by atoms with Crippen molar-refractivity contribution < 1.29 is 4.79 Å². The Morgan fingerprint density at radius 3 is 2.68 bits per heavy atom. The van der Waals surface area contributed by atoms with E-state index < -0.39 is 0 Å². The van der Waals surface area contributed by atoms with Gasteiger partial charge in [0.25, 0.3) is 5.91 Å². The van der Waals surface area contributed by atoms with E-state index in [-0.39, 0.29) is 5.91 Å². The maximum Gasteiger partial charge on any atom is 0.256 e. The quantitative estimate of drug-likeness (QED) is 0.740. The molecule has 0 bridgehead atoms. The van der Waals surface area contributed by atoms with Crippen LogP contribution in [0, 0.1) is 5.92 Å². The Morgan fingerprint density at radius 1 is 1.18 bits per heavy atom. The Bertz CT molecular complexity index is 914. The van der Waals surface area contributed by atoms with Crippen molar-refractivity contribution in [2.24, 2.45) is 5.92 Å². The van der Waals surface area contributed by atoms with Crippen molar-refractivity contribution in [2.75, 3.05) is 23.3 Å². The third-order valence-corrected chi connectivity index (χ3v) is 5.14. The summed E-state index contributed by atoms with van der Waals surface area (Å²) in [5.74, 6) is 1.98. The minimum Gasteiger partial charge on any atom is -0.356 e. The Kier molecular flexibility index (Phi) is 5.32. The van der Waals surface area contributed by atoms with Crippen molar-refractivity contribution in [2.45, 2.75) is 26.3 Å². The fraction of sp³-hybridized carbons (Fsp3) is 0.333. The van der Waals surface area contributed by atoms with Crippen LogP contribution in [-0.4, -0.2) is 38.5 Å². The molecule has 3 aromatic rings. The summed E-state index contributed by atoms with van der Waals surface area (Å²) in [4.78, 5) is 27.4. The van der Waals surface area contributed by atoms with Gasteiger partial charge in [-0.3, -0.25) is 4.79 Å². The van der Waals surface area contributed by atoms with Gasteiger partial charge >= 0.3 is 0 Å². The van der Waals surface area contributed by atoms with Crippen LogP contribution in [0.1, 0.15) is 35.7 Å². The van der Waals surface area contributed by atoms with Gasteiger partial charge in [0.15, 0.2) is 0 Å². The van der Waals surface area contributed by atoms with Gasteiger partial charge in [0.1, 0.15) is 18.0 Å². The highest BCUT2D eigenvalue weighted by Crippen LogP contribution is 2.22. The molecule has 0 aliphatic carbocycles. The van der Waals surface area contributed by atoms with E-state index in [1.54, 1.807) is 12.5 Å². The molecule has 1 N–H and O–H groups in total. The van der Waals surface area contributed by atoms with Crippen LogP contribution in [-0.2, 0) is 6.54 Å². The Morgan fingerprint density at radius 2 is 1.96 bits per heavy atom. The topological polar surface area (TPSA) is 75.9 Å². The van der Waals surface area contributed by atoms with Crippen molar-refractivity contribution in [1.82, 2.24) is 19.5 Å². The van der Waals surface area contributed by atoms with Crippen LogP contribution in [0.25, 0.3) is 0 Å². The molecule has 1 amide bonds. The third-order valence-electron chi connectivity index (χ3n) is 5.14. The maximum atomic E-state index is 12.6. The highest BCUT2D eigenvalue weighted by Gasteiger charge is 2.17. The largest absolute Gasteiger partial charge is 0.356 e. The summed E-state index contributed by atoms with van der Waals surface area (Å²) in [5, 5.41) is 2.88. The van der Waals surface area contributed by atoms with E-state index in [9.17, 15) is 4.79 Å². The molecule has 7 heteroatoms. The van der Waals surface area contributed by atoms with Gasteiger partial charge < -0.3 is 14.8 Å². The lowest BCUT2D eigenvalue weighted by atomic mass is 9.99. The summed E-state index contributed by atoms with van der Waals surface area (Å²) >= 11 is 0. The van der Waals surface area contributed by atoms with E-state index in [4.69, 9.17) is 0 Å². The van der Waals surface area contributed by atoms with Crippen LogP contribution in [0.15, 0.2) is 55.4 Å². The van der Waals surface area contributed by atoms with E-state index in [2.05, 4.69) is 32.1 Å². The molecule has 1 fully saturated rings. The number of amides is 1. The molecule has 144 valence electrons. The zero-order valence-electron chi connectivity index (χ0n) is 16.0. The van der Waals surface area contributed by atoms with E-state index in [1.807, 2.05) is 41.1 Å². The number of hydrogen-bond acceptors (Lipinski definition) is 5. The molecule has 0 radical (unpaired) electrons. The minimum atomic E-state index is -0.175. The molecule has 3 heterocycles. The zero-order valence-corrected chi connectivity index (χ0v) is 16.0. The highest BCUT2D eigenvalue weighted by atomic mass is 16.1. The molecule has 0 spiro atoms. The van der Waals surface area contributed by atoms with Gasteiger partial charge in [0, 0.05) is 43.7 Å². The van der Waals surface area contributed by atoms with Crippen molar-refractivity contribution in [1.29, 1.82) is 0 Å². The fourth-order valence-electron chi connectivity index (χ4n) is 3.37. The Labute approximate surface area is 164 Å². The van der Waals surface area contributed by atoms with Gasteiger partial charge in [0.05, 0.1) is 6.33 Å². The van der Waals surface area contributed by atoms with Crippen LogP contribution in [0.5, 0.6) is 0 Å². The molecule has 1 aliphatic rings. The first-order valence-electron chi connectivity index (χ1n) is 9.60. The molecule has 2 aromatic heterocycles. The minimum absolute atomic E-state index is 0.175. The van der Waals surface area contributed by atoms with Gasteiger partial charge in [-0.1, -0.05) is 19.1 Å². The summed E-state index contributed by atoms with van der Waals surface area (Å²) < 4.78 is 1.98. The molecule has 7 nitrogen and oxygen atoms in total. The summed E-state index contributed by atoms with van der Waals surface area (Å²) in [5.41, 5.74) is 1.71. The number of nitrogens with zero attached hydrogens (tertiary/aromatic N) is 5. The number of carbonyl (C=O) groups excluding carboxylic acids is 1. The van der Waals surface area contributed by atoms with Gasteiger partial charge in [0.2, 0.25) is 0 Å². The maximum absolute atomic E-state index is 12.6. The van der Waals surface area contributed by atoms with E-state index >= 15 is 0 Å². The zero-order chi connectivity index (χ0) is 19.3. The molecule has 1 aromatic carbocycles. The van der Waals surface area contributed by atoms with E-state index in [1.165, 1.54) is 6.33 Å². The van der Waals surface area contributed by atoms with Gasteiger partial charge in [-0.2, -0.15) is 0 Å². The average molecular weight is 376 g/mol. The number of piperidine rings is 1. The summed E-state index contributed by atoms with van der Waals surface area (Å²) in [6.45, 7) is 4.99. The summed E-state index contributed by atoms with van der Waals surface area (Å²) in [7, 11) is 0. The molecule has 1 saturated heterocycles. The van der Waals surface area contributed by atoms with Crippen LogP contribution in [0.2, 0.25) is 0 Å². The highest BCUT2D eigenvalue weighted by molar-refractivity contribution is 6.03. The predicted molar refractivity (Wildman–Crippen MR) is 108 cm³/mol. The molecule has 0 atom stereocenters. The number of anilines is 2. The molecular weight excluding hydrogens is 352 g/mol. The molecule has 0 saturated carbocycles. The number of hydrogen-bond donors (Lipinski definition) is 1. The van der Waals surface area contributed by atoms with Gasteiger partial charge in [-0.05, 0) is 36.5 Å². The van der Waals surface area contributed by atoms with Crippen molar-refractivity contribution in [3.8, 4) is 0 Å². The number of aromatic nitrogens is 4. The Balaban J connectivity index is 1.40. The lowest BCUT2D eigenvalue weighted by Gasteiger charge is -2.31.